The SMILES string of the molecule is CCn1nc(C)c2nc(CCCl)n(C(C)c3ccsc3)c21. The Hall–Kier alpha value is -1.33. The van der Waals surface area contributed by atoms with Gasteiger partial charge in [0.2, 0.25) is 0 Å². The van der Waals surface area contributed by atoms with Gasteiger partial charge in [-0.2, -0.15) is 16.4 Å². The Morgan fingerprint density at radius 2 is 2.24 bits per heavy atom. The van der Waals surface area contributed by atoms with Gasteiger partial charge in [0.05, 0.1) is 11.7 Å². The highest BCUT2D eigenvalue weighted by Gasteiger charge is 2.22. The fourth-order valence-corrected chi connectivity index (χ4v) is 3.70. The van der Waals surface area contributed by atoms with E-state index in [1.54, 1.807) is 11.3 Å². The molecule has 3 heterocycles. The van der Waals surface area contributed by atoms with Crippen molar-refractivity contribution in [2.24, 2.45) is 0 Å². The van der Waals surface area contributed by atoms with E-state index in [1.165, 1.54) is 5.56 Å². The normalized spacial score (nSPS) is 13.1. The maximum absolute atomic E-state index is 5.97. The molecule has 0 aliphatic rings. The highest BCUT2D eigenvalue weighted by Crippen LogP contribution is 2.29. The van der Waals surface area contributed by atoms with E-state index in [0.29, 0.717) is 5.88 Å². The molecule has 0 aliphatic heterocycles. The Bertz CT molecular complexity index is 741. The van der Waals surface area contributed by atoms with Gasteiger partial charge in [-0.05, 0) is 43.2 Å². The summed E-state index contributed by atoms with van der Waals surface area (Å²) in [5.41, 5.74) is 4.39. The first-order chi connectivity index (χ1) is 10.2. The molecule has 0 N–H and O–H groups in total. The van der Waals surface area contributed by atoms with E-state index in [0.717, 1.165) is 35.6 Å². The standard InChI is InChI=1S/C15H19ClN4S/c1-4-19-15-14(10(2)18-19)17-13(5-7-16)20(15)11(3)12-6-8-21-9-12/h6,8-9,11H,4-5,7H2,1-3H3. The van der Waals surface area contributed by atoms with Gasteiger partial charge in [0.15, 0.2) is 5.65 Å². The quantitative estimate of drug-likeness (QED) is 0.665. The summed E-state index contributed by atoms with van der Waals surface area (Å²) in [5, 5.41) is 8.91. The van der Waals surface area contributed by atoms with Crippen LogP contribution in [0.1, 0.15) is 37.0 Å². The van der Waals surface area contributed by atoms with Crippen molar-refractivity contribution in [3.63, 3.8) is 0 Å². The number of thiophene rings is 1. The van der Waals surface area contributed by atoms with Gasteiger partial charge < -0.3 is 4.57 Å². The van der Waals surface area contributed by atoms with Crippen molar-refractivity contribution in [2.75, 3.05) is 5.88 Å². The Kier molecular flexibility index (Phi) is 4.04. The van der Waals surface area contributed by atoms with Gasteiger partial charge >= 0.3 is 0 Å². The topological polar surface area (TPSA) is 35.6 Å². The first kappa shape index (κ1) is 14.6. The van der Waals surface area contributed by atoms with Gasteiger partial charge in [-0.25, -0.2) is 9.67 Å². The molecule has 0 saturated carbocycles. The van der Waals surface area contributed by atoms with E-state index in [1.807, 2.05) is 11.6 Å². The van der Waals surface area contributed by atoms with Gasteiger partial charge in [0.1, 0.15) is 11.3 Å². The molecule has 21 heavy (non-hydrogen) atoms. The van der Waals surface area contributed by atoms with Crippen LogP contribution in [0.4, 0.5) is 0 Å². The lowest BCUT2D eigenvalue weighted by Crippen LogP contribution is -2.14. The summed E-state index contributed by atoms with van der Waals surface area (Å²) in [7, 11) is 0. The average molecular weight is 323 g/mol. The highest BCUT2D eigenvalue weighted by atomic mass is 35.5. The predicted octanol–water partition coefficient (Wildman–Crippen LogP) is 4.01. The summed E-state index contributed by atoms with van der Waals surface area (Å²) in [4.78, 5) is 4.80. The molecule has 0 aliphatic carbocycles. The zero-order chi connectivity index (χ0) is 15.0. The third-order valence-corrected chi connectivity index (χ3v) is 4.74. The van der Waals surface area contributed by atoms with Crippen LogP contribution in [0.25, 0.3) is 11.2 Å². The smallest absolute Gasteiger partial charge is 0.159 e. The molecule has 112 valence electrons. The first-order valence-corrected chi connectivity index (χ1v) is 8.67. The lowest BCUT2D eigenvalue weighted by Gasteiger charge is -2.17. The monoisotopic (exact) mass is 322 g/mol. The molecule has 4 nitrogen and oxygen atoms in total. The molecule has 3 rings (SSSR count). The fraction of sp³-hybridized carbons (Fsp3) is 0.467. The van der Waals surface area contributed by atoms with E-state index in [9.17, 15) is 0 Å². The third kappa shape index (κ3) is 2.38. The van der Waals surface area contributed by atoms with E-state index >= 15 is 0 Å². The van der Waals surface area contributed by atoms with Crippen LogP contribution in [0.2, 0.25) is 0 Å². The molecular weight excluding hydrogens is 304 g/mol. The van der Waals surface area contributed by atoms with Crippen LogP contribution < -0.4 is 0 Å². The van der Waals surface area contributed by atoms with Crippen LogP contribution in [-0.2, 0) is 13.0 Å². The average Bonchev–Trinajstić information content (AvgIpc) is 3.16. The molecular formula is C15H19ClN4S. The summed E-state index contributed by atoms with van der Waals surface area (Å²) in [6.45, 7) is 7.18. The number of hydrogen-bond acceptors (Lipinski definition) is 3. The maximum Gasteiger partial charge on any atom is 0.159 e. The van der Waals surface area contributed by atoms with Gasteiger partial charge in [0.25, 0.3) is 0 Å². The van der Waals surface area contributed by atoms with Crippen LogP contribution in [0.3, 0.4) is 0 Å². The molecule has 0 amide bonds. The lowest BCUT2D eigenvalue weighted by molar-refractivity contribution is 0.582. The number of halogens is 1. The Morgan fingerprint density at radius 1 is 1.43 bits per heavy atom. The van der Waals surface area contributed by atoms with Crippen LogP contribution in [0.15, 0.2) is 16.8 Å². The van der Waals surface area contributed by atoms with Crippen LogP contribution in [0, 0.1) is 6.92 Å². The molecule has 0 spiro atoms. The summed E-state index contributed by atoms with van der Waals surface area (Å²) in [6.07, 6.45) is 0.772. The number of alkyl halides is 1. The molecule has 0 aromatic carbocycles. The van der Waals surface area contributed by atoms with Gasteiger partial charge in [-0.1, -0.05) is 0 Å². The number of nitrogens with zero attached hydrogens (tertiary/aromatic N) is 4. The van der Waals surface area contributed by atoms with Crippen molar-refractivity contribution in [2.45, 2.75) is 39.8 Å². The summed E-state index contributed by atoms with van der Waals surface area (Å²) in [6, 6.07) is 2.41. The fourth-order valence-electron chi connectivity index (χ4n) is 2.78. The molecule has 0 fully saturated rings. The van der Waals surface area contributed by atoms with Crippen molar-refractivity contribution in [3.05, 3.63) is 33.9 Å². The summed E-state index contributed by atoms with van der Waals surface area (Å²) < 4.78 is 4.33. The summed E-state index contributed by atoms with van der Waals surface area (Å²) in [5.74, 6) is 1.62. The zero-order valence-electron chi connectivity index (χ0n) is 12.5. The van der Waals surface area contributed by atoms with Crippen molar-refractivity contribution < 1.29 is 0 Å². The van der Waals surface area contributed by atoms with Crippen molar-refractivity contribution in [3.8, 4) is 0 Å². The molecule has 3 aromatic rings. The third-order valence-electron chi connectivity index (χ3n) is 3.85. The minimum Gasteiger partial charge on any atom is -0.305 e. The van der Waals surface area contributed by atoms with E-state index in [4.69, 9.17) is 16.6 Å². The van der Waals surface area contributed by atoms with Crippen LogP contribution >= 0.6 is 22.9 Å². The van der Waals surface area contributed by atoms with E-state index in [-0.39, 0.29) is 6.04 Å². The number of hydrogen-bond donors (Lipinski definition) is 0. The van der Waals surface area contributed by atoms with E-state index < -0.39 is 0 Å². The largest absolute Gasteiger partial charge is 0.305 e. The minimum atomic E-state index is 0.237. The van der Waals surface area contributed by atoms with Crippen molar-refractivity contribution >= 4 is 34.1 Å². The van der Waals surface area contributed by atoms with Crippen molar-refractivity contribution in [1.29, 1.82) is 0 Å². The number of aryl methyl sites for hydroxylation is 3. The second-order valence-electron chi connectivity index (χ2n) is 5.14. The number of fused-ring (bicyclic) bond motifs is 1. The van der Waals surface area contributed by atoms with Crippen LogP contribution in [-0.4, -0.2) is 25.2 Å². The molecule has 0 saturated heterocycles. The van der Waals surface area contributed by atoms with Gasteiger partial charge in [0, 0.05) is 18.8 Å². The Morgan fingerprint density at radius 3 is 2.86 bits per heavy atom. The molecule has 1 atom stereocenters. The zero-order valence-corrected chi connectivity index (χ0v) is 14.1. The molecule has 0 radical (unpaired) electrons. The minimum absolute atomic E-state index is 0.237. The molecule has 3 aromatic heterocycles. The van der Waals surface area contributed by atoms with Crippen molar-refractivity contribution in [1.82, 2.24) is 19.3 Å². The highest BCUT2D eigenvalue weighted by molar-refractivity contribution is 7.07. The van der Waals surface area contributed by atoms with Crippen LogP contribution in [0.5, 0.6) is 0 Å². The maximum atomic E-state index is 5.97. The number of rotatable bonds is 5. The van der Waals surface area contributed by atoms with Gasteiger partial charge in [-0.3, -0.25) is 0 Å². The van der Waals surface area contributed by atoms with Gasteiger partial charge in [-0.15, -0.1) is 11.6 Å². The molecule has 1 unspecified atom stereocenters. The van der Waals surface area contributed by atoms with E-state index in [2.05, 4.69) is 40.3 Å². The molecule has 0 bridgehead atoms. The number of imidazole rings is 1. The summed E-state index contributed by atoms with van der Waals surface area (Å²) >= 11 is 7.69. The Balaban J connectivity index is 2.24. The first-order valence-electron chi connectivity index (χ1n) is 7.19. The Labute approximate surface area is 133 Å². The molecule has 6 heteroatoms. The lowest BCUT2D eigenvalue weighted by atomic mass is 10.2. The second kappa shape index (κ2) is 5.81. The second-order valence-corrected chi connectivity index (χ2v) is 6.30. The predicted molar refractivity (Wildman–Crippen MR) is 88.5 cm³/mol. The number of aromatic nitrogens is 4.